The lowest BCUT2D eigenvalue weighted by Gasteiger charge is -2.15. The minimum absolute atomic E-state index is 0.000177. The lowest BCUT2D eigenvalue weighted by Crippen LogP contribution is -2.14. The Kier molecular flexibility index (Phi) is 4.14. The van der Waals surface area contributed by atoms with Gasteiger partial charge in [-0.05, 0) is 12.8 Å². The summed E-state index contributed by atoms with van der Waals surface area (Å²) < 4.78 is 26.9. The van der Waals surface area contributed by atoms with E-state index in [9.17, 15) is 8.78 Å². The molecule has 0 saturated carbocycles. The minimum Gasteiger partial charge on any atom is -0.325 e. The van der Waals surface area contributed by atoms with Crippen molar-refractivity contribution in [2.75, 3.05) is 0 Å². The van der Waals surface area contributed by atoms with Gasteiger partial charge in [-0.25, -0.2) is 13.5 Å². The average molecular weight is 218 g/mol. The van der Waals surface area contributed by atoms with Crippen LogP contribution in [-0.2, 0) is 6.54 Å². The fourth-order valence-corrected chi connectivity index (χ4v) is 1.61. The van der Waals surface area contributed by atoms with Crippen molar-refractivity contribution < 1.29 is 8.78 Å². The summed E-state index contributed by atoms with van der Waals surface area (Å²) in [6.07, 6.45) is -1.06. The molecule has 15 heavy (non-hydrogen) atoms. The molecule has 1 aromatic heterocycles. The first-order valence-corrected chi connectivity index (χ1v) is 5.07. The van der Waals surface area contributed by atoms with Crippen LogP contribution in [0.3, 0.4) is 0 Å². The first-order chi connectivity index (χ1) is 7.15. The summed E-state index contributed by atoms with van der Waals surface area (Å²) in [6, 6.07) is -0.0261. The highest BCUT2D eigenvalue weighted by Crippen LogP contribution is 2.26. The van der Waals surface area contributed by atoms with Crippen molar-refractivity contribution >= 4 is 0 Å². The van der Waals surface area contributed by atoms with E-state index in [2.05, 4.69) is 10.3 Å². The summed E-state index contributed by atoms with van der Waals surface area (Å²) in [5.41, 5.74) is 5.39. The minimum atomic E-state index is -2.57. The van der Waals surface area contributed by atoms with Crippen LogP contribution in [0, 0.1) is 0 Å². The molecule has 4 nitrogen and oxygen atoms in total. The molecule has 0 aliphatic carbocycles. The van der Waals surface area contributed by atoms with E-state index in [1.54, 1.807) is 0 Å². The van der Waals surface area contributed by atoms with Gasteiger partial charge in [-0.3, -0.25) is 0 Å². The molecule has 0 radical (unpaired) electrons. The third kappa shape index (κ3) is 2.31. The van der Waals surface area contributed by atoms with Gasteiger partial charge in [-0.2, -0.15) is 0 Å². The second-order valence-corrected chi connectivity index (χ2v) is 3.34. The van der Waals surface area contributed by atoms with Gasteiger partial charge in [-0.15, -0.1) is 5.10 Å². The van der Waals surface area contributed by atoms with E-state index in [-0.39, 0.29) is 24.0 Å². The average Bonchev–Trinajstić information content (AvgIpc) is 2.63. The van der Waals surface area contributed by atoms with E-state index < -0.39 is 6.43 Å². The van der Waals surface area contributed by atoms with Crippen molar-refractivity contribution in [3.8, 4) is 0 Å². The molecular formula is C9H16F2N4. The lowest BCUT2D eigenvalue weighted by atomic mass is 10.1. The molecule has 0 aromatic carbocycles. The number of aromatic nitrogens is 3. The molecule has 0 aliphatic heterocycles. The third-order valence-corrected chi connectivity index (χ3v) is 2.49. The molecule has 0 aliphatic rings. The molecule has 1 aromatic rings. The molecule has 0 saturated heterocycles. The smallest absolute Gasteiger partial charge is 0.281 e. The topological polar surface area (TPSA) is 56.7 Å². The Balaban J connectivity index is 3.11. The monoisotopic (exact) mass is 218 g/mol. The van der Waals surface area contributed by atoms with Crippen molar-refractivity contribution in [1.82, 2.24) is 15.0 Å². The Labute approximate surface area is 87.5 Å². The molecule has 0 amide bonds. The summed E-state index contributed by atoms with van der Waals surface area (Å²) in [5, 5.41) is 7.44. The van der Waals surface area contributed by atoms with Crippen molar-refractivity contribution in [2.45, 2.75) is 45.7 Å². The number of alkyl halides is 2. The lowest BCUT2D eigenvalue weighted by molar-refractivity contribution is 0.134. The zero-order chi connectivity index (χ0) is 11.4. The van der Waals surface area contributed by atoms with E-state index in [1.165, 1.54) is 4.68 Å². The molecule has 1 rings (SSSR count). The Morgan fingerprint density at radius 3 is 2.33 bits per heavy atom. The zero-order valence-electron chi connectivity index (χ0n) is 8.95. The summed E-state index contributed by atoms with van der Waals surface area (Å²) in [4.78, 5) is 0. The number of halogens is 2. The Bertz CT molecular complexity index is 307. The van der Waals surface area contributed by atoms with Crippen molar-refractivity contribution in [2.24, 2.45) is 5.73 Å². The highest BCUT2D eigenvalue weighted by Gasteiger charge is 2.23. The molecule has 0 atom stereocenters. The maximum absolute atomic E-state index is 12.8. The van der Waals surface area contributed by atoms with Gasteiger partial charge >= 0.3 is 0 Å². The zero-order valence-corrected chi connectivity index (χ0v) is 8.95. The number of rotatable bonds is 5. The number of nitrogens with zero attached hydrogens (tertiary/aromatic N) is 3. The second kappa shape index (κ2) is 5.16. The summed E-state index contributed by atoms with van der Waals surface area (Å²) in [6.45, 7) is 3.88. The largest absolute Gasteiger partial charge is 0.325 e. The molecule has 86 valence electrons. The van der Waals surface area contributed by atoms with Gasteiger partial charge in [0.25, 0.3) is 6.43 Å². The summed E-state index contributed by atoms with van der Waals surface area (Å²) >= 11 is 0. The molecule has 0 spiro atoms. The molecule has 0 fully saturated rings. The molecule has 0 bridgehead atoms. The maximum atomic E-state index is 12.8. The van der Waals surface area contributed by atoms with Gasteiger partial charge in [0.2, 0.25) is 0 Å². The van der Waals surface area contributed by atoms with Crippen LogP contribution < -0.4 is 5.73 Å². The van der Waals surface area contributed by atoms with Crippen molar-refractivity contribution in [1.29, 1.82) is 0 Å². The highest BCUT2D eigenvalue weighted by atomic mass is 19.3. The molecule has 0 unspecified atom stereocenters. The number of hydrogen-bond acceptors (Lipinski definition) is 3. The van der Waals surface area contributed by atoms with Crippen LogP contribution in [0.25, 0.3) is 0 Å². The van der Waals surface area contributed by atoms with Crippen LogP contribution in [-0.4, -0.2) is 15.0 Å². The van der Waals surface area contributed by atoms with Crippen LogP contribution in [0.1, 0.15) is 50.5 Å². The molecular weight excluding hydrogens is 202 g/mol. The summed E-state index contributed by atoms with van der Waals surface area (Å²) in [5.74, 6) is 0. The fourth-order valence-electron chi connectivity index (χ4n) is 1.61. The van der Waals surface area contributed by atoms with Gasteiger partial charge in [0.05, 0.1) is 6.04 Å². The van der Waals surface area contributed by atoms with Crippen molar-refractivity contribution in [3.63, 3.8) is 0 Å². The van der Waals surface area contributed by atoms with E-state index in [0.717, 1.165) is 12.8 Å². The standard InChI is InChI=1S/C9H16F2N4/c1-3-6(4-2)15-8(9(10)11)7(5-12)13-14-15/h6,9H,3-5,12H2,1-2H3. The Morgan fingerprint density at radius 2 is 1.93 bits per heavy atom. The Hall–Kier alpha value is -1.04. The van der Waals surface area contributed by atoms with Crippen LogP contribution in [0.15, 0.2) is 0 Å². The maximum Gasteiger partial charge on any atom is 0.281 e. The van der Waals surface area contributed by atoms with E-state index in [1.807, 2.05) is 13.8 Å². The van der Waals surface area contributed by atoms with Gasteiger partial charge in [0.1, 0.15) is 11.4 Å². The molecule has 2 N–H and O–H groups in total. The van der Waals surface area contributed by atoms with Crippen LogP contribution >= 0.6 is 0 Å². The van der Waals surface area contributed by atoms with Crippen molar-refractivity contribution in [3.05, 3.63) is 11.4 Å². The molecule has 6 heteroatoms. The SMILES string of the molecule is CCC(CC)n1nnc(CN)c1C(F)F. The highest BCUT2D eigenvalue weighted by molar-refractivity contribution is 5.12. The Morgan fingerprint density at radius 1 is 1.33 bits per heavy atom. The predicted octanol–water partition coefficient (Wildman–Crippen LogP) is 2.04. The van der Waals surface area contributed by atoms with Crippen LogP contribution in [0.2, 0.25) is 0 Å². The summed E-state index contributed by atoms with van der Waals surface area (Å²) in [7, 11) is 0. The third-order valence-electron chi connectivity index (χ3n) is 2.49. The first kappa shape index (κ1) is 12.0. The van der Waals surface area contributed by atoms with Crippen LogP contribution in [0.4, 0.5) is 8.78 Å². The van der Waals surface area contributed by atoms with E-state index in [0.29, 0.717) is 0 Å². The van der Waals surface area contributed by atoms with Gasteiger partial charge in [0.15, 0.2) is 0 Å². The van der Waals surface area contributed by atoms with E-state index >= 15 is 0 Å². The number of hydrogen-bond donors (Lipinski definition) is 1. The molecule has 1 heterocycles. The number of nitrogens with two attached hydrogens (primary N) is 1. The normalized spacial score (nSPS) is 11.7. The van der Waals surface area contributed by atoms with Gasteiger partial charge < -0.3 is 5.73 Å². The fraction of sp³-hybridized carbons (Fsp3) is 0.778. The van der Waals surface area contributed by atoms with E-state index in [4.69, 9.17) is 5.73 Å². The predicted molar refractivity (Wildman–Crippen MR) is 52.5 cm³/mol. The first-order valence-electron chi connectivity index (χ1n) is 5.07. The van der Waals surface area contributed by atoms with Gasteiger partial charge in [0, 0.05) is 6.54 Å². The van der Waals surface area contributed by atoms with Crippen LogP contribution in [0.5, 0.6) is 0 Å². The van der Waals surface area contributed by atoms with Gasteiger partial charge in [-0.1, -0.05) is 19.1 Å². The second-order valence-electron chi connectivity index (χ2n) is 3.34. The quantitative estimate of drug-likeness (QED) is 0.822.